The van der Waals surface area contributed by atoms with Crippen molar-refractivity contribution < 1.29 is 43.8 Å². The Labute approximate surface area is 195 Å². The van der Waals surface area contributed by atoms with E-state index in [9.17, 15) is 9.90 Å². The van der Waals surface area contributed by atoms with Gasteiger partial charge in [0.05, 0.1) is 17.6 Å². The second-order valence-corrected chi connectivity index (χ2v) is 6.26. The number of amides is 1. The van der Waals surface area contributed by atoms with Crippen LogP contribution in [0.3, 0.4) is 0 Å². The topological polar surface area (TPSA) is 152 Å². The van der Waals surface area contributed by atoms with Gasteiger partial charge < -0.3 is 20.5 Å². The van der Waals surface area contributed by atoms with Crippen molar-refractivity contribution in [2.75, 3.05) is 0 Å². The summed E-state index contributed by atoms with van der Waals surface area (Å²) < 4.78 is 6.42. The molecule has 0 aliphatic carbocycles. The number of rotatable bonds is 5. The molecular weight excluding hydrogens is 451 g/mol. The molecule has 9 nitrogen and oxygen atoms in total. The molecule has 1 radical (unpaired) electrons. The zero-order valence-corrected chi connectivity index (χ0v) is 18.2. The van der Waals surface area contributed by atoms with Crippen LogP contribution in [0.25, 0.3) is 5.69 Å². The van der Waals surface area contributed by atoms with Crippen molar-refractivity contribution >= 4 is 11.6 Å². The van der Waals surface area contributed by atoms with E-state index < -0.39 is 5.91 Å². The number of carbonyl (C=O) groups is 1. The molecule has 0 fully saturated rings. The summed E-state index contributed by atoms with van der Waals surface area (Å²) in [5.41, 5.74) is 4.95. The fourth-order valence-corrected chi connectivity index (χ4v) is 2.95. The molecule has 4 rings (SSSR count). The maximum Gasteiger partial charge on any atom is 0.307 e. The number of hydrazone groups is 1. The molecule has 2 aromatic heterocycles. The average Bonchev–Trinajstić information content (AvgIpc) is 3.39. The summed E-state index contributed by atoms with van der Waals surface area (Å²) in [5.74, 6) is -0.701. The normalized spacial score (nSPS) is 10.3. The fourth-order valence-electron chi connectivity index (χ4n) is 2.95. The Balaban J connectivity index is 0.00000171. The molecule has 1 N–H and O–H groups in total. The number of hydrogen-bond donors (Lipinski definition) is 1. The van der Waals surface area contributed by atoms with Crippen molar-refractivity contribution in [3.05, 3.63) is 102 Å². The molecule has 0 aliphatic rings. The van der Waals surface area contributed by atoms with E-state index in [0.29, 0.717) is 28.2 Å². The van der Waals surface area contributed by atoms with Crippen LogP contribution in [0.2, 0.25) is 0 Å². The third-order valence-corrected chi connectivity index (χ3v) is 4.32. The predicted octanol–water partition coefficient (Wildman–Crippen LogP) is 2.79. The number of para-hydroxylation sites is 1. The standard InChI is InChI=1S/C22H18N4O3.2O.V/c1-15-19(22(28)26(25-15)17-11-6-3-7-12-17)20(16-9-4-2-5-10-16)23-24-21(27)18-13-8-14-29-18;;;/h2-14,28H,1H3,(H,24,27);;;/q;2*-2;/p-1/b23-20+;;;. The Morgan fingerprint density at radius 1 is 1.00 bits per heavy atom. The number of benzene rings is 2. The van der Waals surface area contributed by atoms with Gasteiger partial charge in [0.15, 0.2) is 5.76 Å². The number of nitrogens with one attached hydrogen (secondary N) is 1. The summed E-state index contributed by atoms with van der Waals surface area (Å²) in [6, 6.07) is 21.4. The molecule has 0 aliphatic heterocycles. The van der Waals surface area contributed by atoms with Gasteiger partial charge in [-0.1, -0.05) is 48.5 Å². The van der Waals surface area contributed by atoms with Gasteiger partial charge in [0.2, 0.25) is 0 Å². The van der Waals surface area contributed by atoms with E-state index >= 15 is 0 Å². The van der Waals surface area contributed by atoms with Crippen molar-refractivity contribution in [2.45, 2.75) is 6.92 Å². The van der Waals surface area contributed by atoms with Gasteiger partial charge in [-0.15, -0.1) is 0 Å². The van der Waals surface area contributed by atoms with Crippen LogP contribution in [-0.4, -0.2) is 21.4 Å². The SMILES string of the molecule is Cc1nn(-c2ccccc2)c([O-])c1/C(=N/NC(=O)c1ccco1)c1ccccc1.[O-2].[O-2].[V]. The number of aryl methyl sites for hydroxylation is 1. The number of aromatic nitrogens is 2. The first-order valence-electron chi connectivity index (χ1n) is 8.94. The monoisotopic (exact) mass is 468 g/mol. The molecule has 0 bridgehead atoms. The Hall–Kier alpha value is -3.63. The number of carbonyl (C=O) groups excluding carboxylic acids is 1. The molecule has 2 heterocycles. The molecule has 4 aromatic rings. The summed E-state index contributed by atoms with van der Waals surface area (Å²) in [6.07, 6.45) is 1.40. The van der Waals surface area contributed by atoms with Crippen LogP contribution in [0.4, 0.5) is 0 Å². The minimum absolute atomic E-state index is 0. The van der Waals surface area contributed by atoms with Crippen LogP contribution in [0, 0.1) is 6.92 Å². The summed E-state index contributed by atoms with van der Waals surface area (Å²) in [5, 5.41) is 21.8. The van der Waals surface area contributed by atoms with E-state index in [1.807, 2.05) is 48.5 Å². The molecule has 1 amide bonds. The van der Waals surface area contributed by atoms with E-state index in [1.165, 1.54) is 17.0 Å². The Kier molecular flexibility index (Phi) is 9.64. The first kappa shape index (κ1) is 26.4. The van der Waals surface area contributed by atoms with Crippen LogP contribution in [-0.2, 0) is 29.5 Å². The van der Waals surface area contributed by atoms with Crippen LogP contribution >= 0.6 is 0 Å². The van der Waals surface area contributed by atoms with Gasteiger partial charge in [-0.25, -0.2) is 10.1 Å². The molecule has 0 unspecified atom stereocenters. The quantitative estimate of drug-likeness (QED) is 0.353. The van der Waals surface area contributed by atoms with Gasteiger partial charge in [-0.2, -0.15) is 10.2 Å². The summed E-state index contributed by atoms with van der Waals surface area (Å²) in [4.78, 5) is 12.3. The van der Waals surface area contributed by atoms with E-state index in [4.69, 9.17) is 4.42 Å². The van der Waals surface area contributed by atoms with E-state index in [-0.39, 0.29) is 41.1 Å². The van der Waals surface area contributed by atoms with E-state index in [0.717, 1.165) is 0 Å². The smallest absolute Gasteiger partial charge is 0.307 e. The maximum atomic E-state index is 13.2. The Morgan fingerprint density at radius 2 is 1.62 bits per heavy atom. The first-order valence-corrected chi connectivity index (χ1v) is 8.94. The Morgan fingerprint density at radius 3 is 2.22 bits per heavy atom. The third kappa shape index (κ3) is 5.34. The van der Waals surface area contributed by atoms with Gasteiger partial charge in [-0.05, 0) is 31.2 Å². The number of furan rings is 1. The second kappa shape index (κ2) is 11.7. The average molecular weight is 468 g/mol. The second-order valence-electron chi connectivity index (χ2n) is 6.26. The summed E-state index contributed by atoms with van der Waals surface area (Å²) >= 11 is 0. The van der Waals surface area contributed by atoms with Crippen molar-refractivity contribution in [3.8, 4) is 11.6 Å². The van der Waals surface area contributed by atoms with Gasteiger partial charge in [-0.3, -0.25) is 4.79 Å². The van der Waals surface area contributed by atoms with Crippen LogP contribution in [0.5, 0.6) is 5.88 Å². The number of hydrogen-bond acceptors (Lipinski definition) is 5. The Bertz CT molecular complexity index is 1160. The van der Waals surface area contributed by atoms with Crippen LogP contribution in [0.1, 0.15) is 27.4 Å². The molecule has 2 aromatic carbocycles. The van der Waals surface area contributed by atoms with Crippen molar-refractivity contribution in [2.24, 2.45) is 5.10 Å². The molecule has 0 spiro atoms. The zero-order valence-electron chi connectivity index (χ0n) is 16.8. The molecule has 0 saturated carbocycles. The largest absolute Gasteiger partial charge is 2.00 e. The minimum atomic E-state index is -0.510. The summed E-state index contributed by atoms with van der Waals surface area (Å²) in [7, 11) is 0. The molecular formula is C22H17N4O5V-5. The molecule has 10 heteroatoms. The van der Waals surface area contributed by atoms with Crippen molar-refractivity contribution in [3.63, 3.8) is 0 Å². The predicted molar refractivity (Wildman–Crippen MR) is 107 cm³/mol. The molecule has 0 atom stereocenters. The maximum absolute atomic E-state index is 13.2. The van der Waals surface area contributed by atoms with Crippen LogP contribution in [0.15, 0.2) is 88.6 Å². The van der Waals surface area contributed by atoms with E-state index in [2.05, 4.69) is 15.6 Å². The molecule has 0 saturated heterocycles. The third-order valence-electron chi connectivity index (χ3n) is 4.32. The van der Waals surface area contributed by atoms with Gasteiger partial charge in [0.1, 0.15) is 5.71 Å². The van der Waals surface area contributed by atoms with Gasteiger partial charge >= 0.3 is 5.91 Å². The summed E-state index contributed by atoms with van der Waals surface area (Å²) in [6.45, 7) is 1.74. The number of nitrogens with zero attached hydrogens (tertiary/aromatic N) is 3. The fraction of sp³-hybridized carbons (Fsp3) is 0.0455. The molecule has 165 valence electrons. The van der Waals surface area contributed by atoms with E-state index in [1.54, 1.807) is 25.1 Å². The van der Waals surface area contributed by atoms with Gasteiger partial charge in [0.25, 0.3) is 0 Å². The van der Waals surface area contributed by atoms with Crippen molar-refractivity contribution in [1.29, 1.82) is 0 Å². The van der Waals surface area contributed by atoms with Crippen molar-refractivity contribution in [1.82, 2.24) is 15.2 Å². The van der Waals surface area contributed by atoms with Crippen LogP contribution < -0.4 is 10.5 Å². The molecule has 32 heavy (non-hydrogen) atoms. The zero-order chi connectivity index (χ0) is 20.2. The minimum Gasteiger partial charge on any atom is -2.00 e. The first-order chi connectivity index (χ1) is 14.1. The van der Waals surface area contributed by atoms with Gasteiger partial charge in [0, 0.05) is 35.6 Å².